The van der Waals surface area contributed by atoms with Crippen molar-refractivity contribution >= 4 is 17.2 Å². The van der Waals surface area contributed by atoms with E-state index in [0.717, 1.165) is 17.2 Å². The Morgan fingerprint density at radius 2 is 2.42 bits per heavy atom. The van der Waals surface area contributed by atoms with Crippen LogP contribution in [0, 0.1) is 0 Å². The number of carbonyl (C=O) groups excluding carboxylic acids is 1. The summed E-state index contributed by atoms with van der Waals surface area (Å²) in [7, 11) is 0. The molecular formula is C12H16N4O2S. The lowest BCUT2D eigenvalue weighted by Crippen LogP contribution is -2.23. The van der Waals surface area contributed by atoms with Gasteiger partial charge in [-0.05, 0) is 6.54 Å². The lowest BCUT2D eigenvalue weighted by atomic mass is 10.4. The number of nitrogens with zero attached hydrogens (tertiary/aromatic N) is 2. The van der Waals surface area contributed by atoms with Crippen LogP contribution in [0.2, 0.25) is 0 Å². The van der Waals surface area contributed by atoms with Gasteiger partial charge in [0.15, 0.2) is 0 Å². The summed E-state index contributed by atoms with van der Waals surface area (Å²) in [6, 6.07) is 0. The molecule has 2 heterocycles. The van der Waals surface area contributed by atoms with Gasteiger partial charge in [0.25, 0.3) is 5.91 Å². The number of nitrogens with one attached hydrogen (secondary N) is 1. The van der Waals surface area contributed by atoms with Crippen LogP contribution in [-0.4, -0.2) is 22.4 Å². The molecule has 2 aromatic rings. The molecule has 0 spiro atoms. The van der Waals surface area contributed by atoms with E-state index in [9.17, 15) is 4.79 Å². The molecule has 0 saturated carbocycles. The Morgan fingerprint density at radius 3 is 3.11 bits per heavy atom. The van der Waals surface area contributed by atoms with E-state index >= 15 is 0 Å². The summed E-state index contributed by atoms with van der Waals surface area (Å²) < 4.78 is 5.40. The van der Waals surface area contributed by atoms with Crippen LogP contribution < -0.4 is 11.1 Å². The second-order valence-corrected chi connectivity index (χ2v) is 4.86. The maximum absolute atomic E-state index is 11.8. The van der Waals surface area contributed by atoms with E-state index in [1.165, 1.54) is 11.3 Å². The minimum atomic E-state index is -0.226. The highest BCUT2D eigenvalue weighted by molar-refractivity contribution is 7.09. The summed E-state index contributed by atoms with van der Waals surface area (Å²) in [5, 5.41) is 5.33. The summed E-state index contributed by atoms with van der Waals surface area (Å²) in [6.07, 6.45) is 3.15. The second-order valence-electron chi connectivity index (χ2n) is 3.92. The maximum atomic E-state index is 11.8. The van der Waals surface area contributed by atoms with Crippen molar-refractivity contribution in [3.8, 4) is 0 Å². The number of amides is 1. The maximum Gasteiger partial charge on any atom is 0.271 e. The van der Waals surface area contributed by atoms with Gasteiger partial charge >= 0.3 is 0 Å². The zero-order valence-corrected chi connectivity index (χ0v) is 11.5. The van der Waals surface area contributed by atoms with Gasteiger partial charge in [0.1, 0.15) is 11.5 Å². The highest BCUT2D eigenvalue weighted by Gasteiger charge is 2.11. The normalized spacial score (nSPS) is 10.6. The SMILES string of the molecule is CCc1cnc(CNC(=O)c2csc(CCN)n2)o1. The average Bonchev–Trinajstić information content (AvgIpc) is 3.05. The van der Waals surface area contributed by atoms with Crippen molar-refractivity contribution < 1.29 is 9.21 Å². The molecule has 6 nitrogen and oxygen atoms in total. The van der Waals surface area contributed by atoms with Crippen molar-refractivity contribution in [1.82, 2.24) is 15.3 Å². The van der Waals surface area contributed by atoms with Gasteiger partial charge < -0.3 is 15.5 Å². The molecule has 0 radical (unpaired) electrons. The fourth-order valence-corrected chi connectivity index (χ4v) is 2.29. The molecule has 0 saturated heterocycles. The number of thiazole rings is 1. The van der Waals surface area contributed by atoms with Crippen molar-refractivity contribution in [2.24, 2.45) is 5.73 Å². The Hall–Kier alpha value is -1.73. The van der Waals surface area contributed by atoms with Gasteiger partial charge in [-0.3, -0.25) is 4.79 Å². The largest absolute Gasteiger partial charge is 0.444 e. The first-order valence-electron chi connectivity index (χ1n) is 6.09. The second kappa shape index (κ2) is 6.44. The van der Waals surface area contributed by atoms with Gasteiger partial charge in [-0.1, -0.05) is 6.92 Å². The van der Waals surface area contributed by atoms with E-state index in [0.29, 0.717) is 24.6 Å². The monoisotopic (exact) mass is 280 g/mol. The van der Waals surface area contributed by atoms with Crippen molar-refractivity contribution in [3.63, 3.8) is 0 Å². The fraction of sp³-hybridized carbons (Fsp3) is 0.417. The highest BCUT2D eigenvalue weighted by atomic mass is 32.1. The first-order chi connectivity index (χ1) is 9.22. The fourth-order valence-electron chi connectivity index (χ4n) is 1.49. The molecule has 7 heteroatoms. The first kappa shape index (κ1) is 13.7. The van der Waals surface area contributed by atoms with Crippen LogP contribution in [0.15, 0.2) is 16.0 Å². The zero-order valence-electron chi connectivity index (χ0n) is 10.7. The number of hydrogen-bond acceptors (Lipinski definition) is 6. The van der Waals surface area contributed by atoms with Gasteiger partial charge in [-0.2, -0.15) is 0 Å². The molecule has 0 unspecified atom stereocenters. The molecule has 0 aliphatic heterocycles. The minimum Gasteiger partial charge on any atom is -0.444 e. The van der Waals surface area contributed by atoms with E-state index in [1.807, 2.05) is 6.92 Å². The van der Waals surface area contributed by atoms with E-state index in [-0.39, 0.29) is 12.5 Å². The highest BCUT2D eigenvalue weighted by Crippen LogP contribution is 2.10. The Balaban J connectivity index is 1.89. The lowest BCUT2D eigenvalue weighted by Gasteiger charge is -1.99. The van der Waals surface area contributed by atoms with E-state index < -0.39 is 0 Å². The van der Waals surface area contributed by atoms with Crippen LogP contribution in [0.4, 0.5) is 0 Å². The summed E-state index contributed by atoms with van der Waals surface area (Å²) in [5.41, 5.74) is 5.85. The molecular weight excluding hydrogens is 264 g/mol. The quantitative estimate of drug-likeness (QED) is 0.827. The average molecular weight is 280 g/mol. The number of hydrogen-bond donors (Lipinski definition) is 2. The number of nitrogens with two attached hydrogens (primary N) is 1. The topological polar surface area (TPSA) is 94.0 Å². The third-order valence-electron chi connectivity index (χ3n) is 2.49. The summed E-state index contributed by atoms with van der Waals surface area (Å²) in [6.45, 7) is 2.78. The van der Waals surface area contributed by atoms with Crippen LogP contribution >= 0.6 is 11.3 Å². The number of rotatable bonds is 6. The zero-order chi connectivity index (χ0) is 13.7. The molecule has 2 aromatic heterocycles. The van der Waals surface area contributed by atoms with Gasteiger partial charge in [0.2, 0.25) is 5.89 Å². The van der Waals surface area contributed by atoms with Gasteiger partial charge in [0.05, 0.1) is 17.7 Å². The number of oxazole rings is 1. The van der Waals surface area contributed by atoms with Crippen LogP contribution in [0.3, 0.4) is 0 Å². The van der Waals surface area contributed by atoms with Crippen LogP contribution in [0.1, 0.15) is 34.1 Å². The third kappa shape index (κ3) is 3.62. The van der Waals surface area contributed by atoms with Crippen LogP contribution in [-0.2, 0) is 19.4 Å². The van der Waals surface area contributed by atoms with Crippen molar-refractivity contribution in [3.05, 3.63) is 33.9 Å². The minimum absolute atomic E-state index is 0.226. The Morgan fingerprint density at radius 1 is 1.58 bits per heavy atom. The van der Waals surface area contributed by atoms with E-state index in [1.54, 1.807) is 11.6 Å². The molecule has 0 aliphatic carbocycles. The smallest absolute Gasteiger partial charge is 0.271 e. The molecule has 3 N–H and O–H groups in total. The predicted molar refractivity (Wildman–Crippen MR) is 71.9 cm³/mol. The van der Waals surface area contributed by atoms with Crippen LogP contribution in [0.25, 0.3) is 0 Å². The molecule has 19 heavy (non-hydrogen) atoms. The molecule has 0 atom stereocenters. The lowest BCUT2D eigenvalue weighted by molar-refractivity contribution is 0.0942. The number of carbonyl (C=O) groups is 1. The summed E-state index contributed by atoms with van der Waals surface area (Å²) in [4.78, 5) is 20.1. The molecule has 0 fully saturated rings. The van der Waals surface area contributed by atoms with Gasteiger partial charge in [-0.25, -0.2) is 9.97 Å². The van der Waals surface area contributed by atoms with E-state index in [2.05, 4.69) is 15.3 Å². The van der Waals surface area contributed by atoms with Crippen molar-refractivity contribution in [2.45, 2.75) is 26.3 Å². The number of aryl methyl sites for hydroxylation is 1. The standard InChI is InChI=1S/C12H16N4O2S/c1-2-8-5-14-10(18-8)6-15-12(17)9-7-19-11(16-9)3-4-13/h5,7H,2-4,6,13H2,1H3,(H,15,17). The van der Waals surface area contributed by atoms with Gasteiger partial charge in [-0.15, -0.1) is 11.3 Å². The third-order valence-corrected chi connectivity index (χ3v) is 3.40. The molecule has 0 aromatic carbocycles. The molecule has 0 aliphatic rings. The Bertz CT molecular complexity index is 549. The van der Waals surface area contributed by atoms with Crippen molar-refractivity contribution in [1.29, 1.82) is 0 Å². The Kier molecular flexibility index (Phi) is 4.64. The number of aromatic nitrogens is 2. The predicted octanol–water partition coefficient (Wildman–Crippen LogP) is 1.12. The van der Waals surface area contributed by atoms with Gasteiger partial charge in [0, 0.05) is 18.2 Å². The van der Waals surface area contributed by atoms with Crippen LogP contribution in [0.5, 0.6) is 0 Å². The molecule has 102 valence electrons. The molecule has 2 rings (SSSR count). The molecule has 0 bridgehead atoms. The van der Waals surface area contributed by atoms with E-state index in [4.69, 9.17) is 10.2 Å². The molecule has 1 amide bonds. The Labute approximate surface area is 115 Å². The first-order valence-corrected chi connectivity index (χ1v) is 6.97. The summed E-state index contributed by atoms with van der Waals surface area (Å²) in [5.74, 6) is 1.08. The summed E-state index contributed by atoms with van der Waals surface area (Å²) >= 11 is 1.44. The van der Waals surface area contributed by atoms with Crippen molar-refractivity contribution in [2.75, 3.05) is 6.54 Å².